The van der Waals surface area contributed by atoms with Crippen LogP contribution in [0.25, 0.3) is 0 Å². The Labute approximate surface area is 94.7 Å². The van der Waals surface area contributed by atoms with Gasteiger partial charge in [-0.1, -0.05) is 56.4 Å². The first-order valence-corrected chi connectivity index (χ1v) is 6.14. The van der Waals surface area contributed by atoms with Crippen LogP contribution in [0, 0.1) is 20.3 Å². The van der Waals surface area contributed by atoms with Crippen molar-refractivity contribution in [1.29, 1.82) is 0 Å². The molecule has 0 heterocycles. The molecule has 0 aliphatic rings. The van der Waals surface area contributed by atoms with Crippen LogP contribution in [0.4, 0.5) is 0 Å². The van der Waals surface area contributed by atoms with Gasteiger partial charge in [-0.25, -0.2) is 0 Å². The summed E-state index contributed by atoms with van der Waals surface area (Å²) in [5, 5.41) is 0. The number of aryl methyl sites for hydroxylation is 2. The molecule has 0 unspecified atom stereocenters. The number of rotatable bonds is 6. The summed E-state index contributed by atoms with van der Waals surface area (Å²) in [6.45, 7) is 6.61. The van der Waals surface area contributed by atoms with Crippen LogP contribution in [-0.2, 0) is 0 Å². The van der Waals surface area contributed by atoms with Crippen molar-refractivity contribution >= 4 is 0 Å². The lowest BCUT2D eigenvalue weighted by Gasteiger charge is -2.06. The molecule has 1 aromatic carbocycles. The van der Waals surface area contributed by atoms with Crippen LogP contribution in [0.3, 0.4) is 0 Å². The molecule has 1 aromatic rings. The van der Waals surface area contributed by atoms with Gasteiger partial charge in [0.2, 0.25) is 0 Å². The van der Waals surface area contributed by atoms with Gasteiger partial charge < -0.3 is 0 Å². The molecule has 0 N–H and O–H groups in total. The van der Waals surface area contributed by atoms with E-state index in [1.807, 2.05) is 0 Å². The molecule has 1 radical (unpaired) electrons. The van der Waals surface area contributed by atoms with E-state index in [0.29, 0.717) is 0 Å². The molecule has 0 heteroatoms. The highest BCUT2D eigenvalue weighted by Crippen LogP contribution is 2.16. The van der Waals surface area contributed by atoms with E-state index in [1.54, 1.807) is 0 Å². The quantitative estimate of drug-likeness (QED) is 0.581. The molecule has 0 atom stereocenters. The molecule has 0 saturated heterocycles. The van der Waals surface area contributed by atoms with E-state index < -0.39 is 0 Å². The van der Waals surface area contributed by atoms with Crippen molar-refractivity contribution in [3.05, 3.63) is 41.3 Å². The third-order valence-corrected chi connectivity index (χ3v) is 2.85. The second-order valence-electron chi connectivity index (χ2n) is 4.41. The largest absolute Gasteiger partial charge is 0.0654 e. The second-order valence-corrected chi connectivity index (χ2v) is 4.41. The van der Waals surface area contributed by atoms with Gasteiger partial charge in [-0.3, -0.25) is 0 Å². The zero-order chi connectivity index (χ0) is 11.1. The van der Waals surface area contributed by atoms with Gasteiger partial charge in [0, 0.05) is 0 Å². The zero-order valence-corrected chi connectivity index (χ0v) is 10.3. The summed E-state index contributed by atoms with van der Waals surface area (Å²) in [7, 11) is 0. The fourth-order valence-electron chi connectivity index (χ4n) is 1.88. The standard InChI is InChI=1S/C15H23/c1-4-5-6-7-8-9-15-11-10-13(2)12-14(15)3/h9-12H,4-8H2,1-3H3. The molecule has 0 nitrogen and oxygen atoms in total. The second kappa shape index (κ2) is 6.66. The van der Waals surface area contributed by atoms with Crippen molar-refractivity contribution in [2.24, 2.45) is 0 Å². The number of hydrogen-bond acceptors (Lipinski definition) is 0. The number of unbranched alkanes of at least 4 members (excludes halogenated alkanes) is 4. The van der Waals surface area contributed by atoms with Crippen molar-refractivity contribution in [1.82, 2.24) is 0 Å². The predicted molar refractivity (Wildman–Crippen MR) is 68.1 cm³/mol. The Balaban J connectivity index is 2.31. The molecule has 0 aromatic heterocycles. The Hall–Kier alpha value is -0.780. The summed E-state index contributed by atoms with van der Waals surface area (Å²) in [5.74, 6) is 0. The third-order valence-electron chi connectivity index (χ3n) is 2.85. The average molecular weight is 203 g/mol. The van der Waals surface area contributed by atoms with Gasteiger partial charge in [0.1, 0.15) is 0 Å². The summed E-state index contributed by atoms with van der Waals surface area (Å²) in [6, 6.07) is 6.70. The predicted octanol–water partition coefficient (Wildman–Crippen LogP) is 4.83. The van der Waals surface area contributed by atoms with E-state index in [4.69, 9.17) is 0 Å². The fraction of sp³-hybridized carbons (Fsp3) is 0.533. The first-order chi connectivity index (χ1) is 7.24. The summed E-state index contributed by atoms with van der Waals surface area (Å²) in [4.78, 5) is 0. The van der Waals surface area contributed by atoms with Crippen LogP contribution in [0.5, 0.6) is 0 Å². The van der Waals surface area contributed by atoms with Gasteiger partial charge in [0.25, 0.3) is 0 Å². The molecule has 0 amide bonds. The van der Waals surface area contributed by atoms with E-state index in [2.05, 4.69) is 45.4 Å². The molecule has 0 bridgehead atoms. The Bertz CT molecular complexity index is 286. The van der Waals surface area contributed by atoms with E-state index in [-0.39, 0.29) is 0 Å². The highest BCUT2D eigenvalue weighted by molar-refractivity contribution is 5.34. The SMILES string of the molecule is CCCCCC[CH]c1ccc(C)cc1C. The highest BCUT2D eigenvalue weighted by atomic mass is 14.0. The molecule has 83 valence electrons. The number of benzene rings is 1. The fourth-order valence-corrected chi connectivity index (χ4v) is 1.88. The highest BCUT2D eigenvalue weighted by Gasteiger charge is 1.98. The van der Waals surface area contributed by atoms with Crippen LogP contribution in [-0.4, -0.2) is 0 Å². The van der Waals surface area contributed by atoms with Crippen LogP contribution in [0.1, 0.15) is 55.7 Å². The third kappa shape index (κ3) is 4.51. The molecule has 0 spiro atoms. The van der Waals surface area contributed by atoms with Crippen LogP contribution < -0.4 is 0 Å². The van der Waals surface area contributed by atoms with Crippen LogP contribution in [0.15, 0.2) is 18.2 Å². The lowest BCUT2D eigenvalue weighted by atomic mass is 10.00. The topological polar surface area (TPSA) is 0 Å². The van der Waals surface area contributed by atoms with E-state index in [9.17, 15) is 0 Å². The maximum atomic E-state index is 2.38. The Kier molecular flexibility index (Phi) is 5.45. The van der Waals surface area contributed by atoms with Crippen molar-refractivity contribution in [3.8, 4) is 0 Å². The van der Waals surface area contributed by atoms with E-state index in [0.717, 1.165) is 0 Å². The Morgan fingerprint density at radius 3 is 2.53 bits per heavy atom. The molecule has 1 rings (SSSR count). The Morgan fingerprint density at radius 1 is 1.07 bits per heavy atom. The average Bonchev–Trinajstić information content (AvgIpc) is 2.20. The first kappa shape index (κ1) is 12.3. The van der Waals surface area contributed by atoms with Crippen molar-refractivity contribution in [2.45, 2.75) is 52.9 Å². The minimum absolute atomic E-state index is 1.23. The van der Waals surface area contributed by atoms with Gasteiger partial charge in [-0.05, 0) is 37.8 Å². The van der Waals surface area contributed by atoms with Crippen molar-refractivity contribution < 1.29 is 0 Å². The number of hydrogen-bond donors (Lipinski definition) is 0. The van der Waals surface area contributed by atoms with Crippen molar-refractivity contribution in [3.63, 3.8) is 0 Å². The maximum Gasteiger partial charge on any atom is -0.00904 e. The minimum atomic E-state index is 1.23. The van der Waals surface area contributed by atoms with E-state index >= 15 is 0 Å². The normalized spacial score (nSPS) is 10.6. The summed E-state index contributed by atoms with van der Waals surface area (Å²) >= 11 is 0. The van der Waals surface area contributed by atoms with Gasteiger partial charge in [-0.2, -0.15) is 0 Å². The van der Waals surface area contributed by atoms with Crippen molar-refractivity contribution in [2.75, 3.05) is 0 Å². The van der Waals surface area contributed by atoms with Gasteiger partial charge >= 0.3 is 0 Å². The lowest BCUT2D eigenvalue weighted by molar-refractivity contribution is 0.665. The minimum Gasteiger partial charge on any atom is -0.0654 e. The van der Waals surface area contributed by atoms with Gasteiger partial charge in [0.05, 0.1) is 0 Å². The first-order valence-electron chi connectivity index (χ1n) is 6.14. The monoisotopic (exact) mass is 203 g/mol. The Morgan fingerprint density at radius 2 is 1.87 bits per heavy atom. The van der Waals surface area contributed by atoms with Crippen LogP contribution in [0.2, 0.25) is 0 Å². The maximum absolute atomic E-state index is 2.38. The van der Waals surface area contributed by atoms with Gasteiger partial charge in [0.15, 0.2) is 0 Å². The molecule has 0 saturated carbocycles. The molecule has 0 aliphatic heterocycles. The molecule has 0 fully saturated rings. The summed E-state index contributed by atoms with van der Waals surface area (Å²) < 4.78 is 0. The summed E-state index contributed by atoms with van der Waals surface area (Å²) in [5.41, 5.74) is 4.18. The van der Waals surface area contributed by atoms with Crippen LogP contribution >= 0.6 is 0 Å². The lowest BCUT2D eigenvalue weighted by Crippen LogP contribution is -1.88. The summed E-state index contributed by atoms with van der Waals surface area (Å²) in [6.07, 6.45) is 9.01. The zero-order valence-electron chi connectivity index (χ0n) is 10.3. The smallest absolute Gasteiger partial charge is 0.00904 e. The molecular weight excluding hydrogens is 180 g/mol. The van der Waals surface area contributed by atoms with E-state index in [1.165, 1.54) is 48.8 Å². The van der Waals surface area contributed by atoms with Gasteiger partial charge in [-0.15, -0.1) is 0 Å². The molecule has 15 heavy (non-hydrogen) atoms. The molecule has 0 aliphatic carbocycles. The molecular formula is C15H23.